The first-order chi connectivity index (χ1) is 15.3. The van der Waals surface area contributed by atoms with Gasteiger partial charge in [-0.1, -0.05) is 18.2 Å². The number of hydrogen-bond donors (Lipinski definition) is 1. The van der Waals surface area contributed by atoms with Crippen LogP contribution in [0.25, 0.3) is 16.8 Å². The van der Waals surface area contributed by atoms with Crippen LogP contribution in [0.2, 0.25) is 0 Å². The SMILES string of the molecule is CC1=C(c2nc(-c3ccc(C#N)cc3)cs2)C(c2ccc(F)c(C#N)c2)NC(=O)[N+]1(C)C. The fraction of sp³-hybridized carbons (Fsp3) is 0.167. The van der Waals surface area contributed by atoms with E-state index in [0.29, 0.717) is 11.1 Å². The second-order valence-corrected chi connectivity index (χ2v) is 8.77. The maximum absolute atomic E-state index is 13.9. The number of carbonyl (C=O) groups excluding carboxylic acids is 1. The molecule has 4 rings (SSSR count). The highest BCUT2D eigenvalue weighted by molar-refractivity contribution is 7.11. The van der Waals surface area contributed by atoms with Gasteiger partial charge in [0.1, 0.15) is 22.6 Å². The molecule has 158 valence electrons. The Morgan fingerprint density at radius 3 is 2.50 bits per heavy atom. The molecule has 1 unspecified atom stereocenters. The van der Waals surface area contributed by atoms with Gasteiger partial charge >= 0.3 is 6.03 Å². The van der Waals surface area contributed by atoms with Gasteiger partial charge < -0.3 is 0 Å². The van der Waals surface area contributed by atoms with E-state index in [9.17, 15) is 14.4 Å². The average Bonchev–Trinajstić information content (AvgIpc) is 3.27. The molecule has 3 aromatic rings. The van der Waals surface area contributed by atoms with E-state index in [4.69, 9.17) is 10.2 Å². The number of aromatic nitrogens is 1. The summed E-state index contributed by atoms with van der Waals surface area (Å²) in [7, 11) is 3.59. The van der Waals surface area contributed by atoms with Gasteiger partial charge in [-0.05, 0) is 29.8 Å². The lowest BCUT2D eigenvalue weighted by molar-refractivity contribution is -0.769. The number of carbonyl (C=O) groups is 1. The summed E-state index contributed by atoms with van der Waals surface area (Å²) in [5.41, 5.74) is 4.36. The summed E-state index contributed by atoms with van der Waals surface area (Å²) in [6.45, 7) is 1.89. The van der Waals surface area contributed by atoms with Crippen molar-refractivity contribution >= 4 is 22.9 Å². The van der Waals surface area contributed by atoms with Crippen LogP contribution in [0.5, 0.6) is 0 Å². The number of allylic oxidation sites excluding steroid dienone is 1. The summed E-state index contributed by atoms with van der Waals surface area (Å²) in [6, 6.07) is 14.6. The molecule has 32 heavy (non-hydrogen) atoms. The molecule has 1 aliphatic rings. The number of thiazole rings is 1. The Morgan fingerprint density at radius 1 is 1.12 bits per heavy atom. The van der Waals surface area contributed by atoms with Crippen molar-refractivity contribution in [2.45, 2.75) is 13.0 Å². The number of urea groups is 1. The molecule has 8 heteroatoms. The first-order valence-electron chi connectivity index (χ1n) is 9.78. The van der Waals surface area contributed by atoms with Crippen LogP contribution in [0.1, 0.15) is 34.7 Å². The second-order valence-electron chi connectivity index (χ2n) is 7.91. The Morgan fingerprint density at radius 2 is 1.84 bits per heavy atom. The topological polar surface area (TPSA) is 89.6 Å². The van der Waals surface area contributed by atoms with Gasteiger partial charge in [0.2, 0.25) is 0 Å². The molecule has 0 radical (unpaired) electrons. The van der Waals surface area contributed by atoms with Gasteiger partial charge in [0, 0.05) is 17.9 Å². The van der Waals surface area contributed by atoms with Crippen LogP contribution in [0.15, 0.2) is 53.5 Å². The number of nitrogens with one attached hydrogen (secondary N) is 1. The molecular formula is C24H19FN5OS+. The van der Waals surface area contributed by atoms with Gasteiger partial charge in [-0.3, -0.25) is 5.32 Å². The van der Waals surface area contributed by atoms with E-state index in [1.54, 1.807) is 32.3 Å². The molecule has 1 N–H and O–H groups in total. The minimum Gasteiger partial charge on any atom is -0.294 e. The molecule has 0 saturated heterocycles. The third kappa shape index (κ3) is 3.56. The predicted molar refractivity (Wildman–Crippen MR) is 119 cm³/mol. The Balaban J connectivity index is 1.84. The zero-order chi connectivity index (χ0) is 23.0. The molecule has 2 amide bonds. The zero-order valence-corrected chi connectivity index (χ0v) is 18.5. The smallest absolute Gasteiger partial charge is 0.294 e. The molecular weight excluding hydrogens is 425 g/mol. The van der Waals surface area contributed by atoms with Crippen molar-refractivity contribution < 1.29 is 13.7 Å². The van der Waals surface area contributed by atoms with Gasteiger partial charge in [0.15, 0.2) is 0 Å². The van der Waals surface area contributed by atoms with Crippen molar-refractivity contribution in [3.05, 3.63) is 81.1 Å². The van der Waals surface area contributed by atoms with E-state index in [0.717, 1.165) is 27.5 Å². The first kappa shape index (κ1) is 21.4. The van der Waals surface area contributed by atoms with Gasteiger partial charge in [-0.15, -0.1) is 11.3 Å². The quantitative estimate of drug-likeness (QED) is 0.578. The molecule has 2 heterocycles. The van der Waals surface area contributed by atoms with Crippen LogP contribution in [0.4, 0.5) is 9.18 Å². The second kappa shape index (κ2) is 8.01. The standard InChI is InChI=1S/C24H18FN5OS/c1-14-21(23-28-20(13-32-23)16-6-4-15(11-26)5-7-16)22(29-24(31)30(14,2)3)17-8-9-19(25)18(10-17)12-27/h4-10,13,22H,1-3H3/p+1. The minimum absolute atomic E-state index is 0.00388. The molecule has 2 aromatic carbocycles. The summed E-state index contributed by atoms with van der Waals surface area (Å²) >= 11 is 1.44. The molecule has 0 bridgehead atoms. The van der Waals surface area contributed by atoms with E-state index in [1.807, 2.05) is 30.5 Å². The van der Waals surface area contributed by atoms with E-state index in [2.05, 4.69) is 11.4 Å². The number of hydrogen-bond acceptors (Lipinski definition) is 5. The lowest BCUT2D eigenvalue weighted by atomic mass is 9.93. The molecule has 6 nitrogen and oxygen atoms in total. The molecule has 0 spiro atoms. The number of rotatable bonds is 3. The predicted octanol–water partition coefficient (Wildman–Crippen LogP) is 4.96. The maximum atomic E-state index is 13.9. The Labute approximate surface area is 189 Å². The Kier molecular flexibility index (Phi) is 5.35. The first-order valence-corrected chi connectivity index (χ1v) is 10.7. The number of nitrogens with zero attached hydrogens (tertiary/aromatic N) is 4. The molecule has 1 atom stereocenters. The molecule has 0 fully saturated rings. The van der Waals surface area contributed by atoms with Crippen LogP contribution in [0, 0.1) is 28.5 Å². The molecule has 0 saturated carbocycles. The number of amides is 2. The minimum atomic E-state index is -0.603. The fourth-order valence-corrected chi connectivity index (χ4v) is 4.56. The highest BCUT2D eigenvalue weighted by Gasteiger charge is 2.42. The average molecular weight is 445 g/mol. The van der Waals surface area contributed by atoms with Crippen LogP contribution < -0.4 is 5.32 Å². The monoisotopic (exact) mass is 444 g/mol. The maximum Gasteiger partial charge on any atom is 0.421 e. The number of quaternary nitrogens is 1. The van der Waals surface area contributed by atoms with Crippen molar-refractivity contribution in [3.63, 3.8) is 0 Å². The largest absolute Gasteiger partial charge is 0.421 e. The summed E-state index contributed by atoms with van der Waals surface area (Å²) in [5, 5.41) is 23.9. The third-order valence-corrected chi connectivity index (χ3v) is 6.66. The van der Waals surface area contributed by atoms with Crippen molar-refractivity contribution in [1.29, 1.82) is 10.5 Å². The molecule has 0 aliphatic carbocycles. The summed E-state index contributed by atoms with van der Waals surface area (Å²) in [5.74, 6) is -0.603. The Bertz CT molecular complexity index is 1340. The van der Waals surface area contributed by atoms with Crippen LogP contribution in [-0.4, -0.2) is 29.6 Å². The van der Waals surface area contributed by atoms with Crippen LogP contribution in [-0.2, 0) is 0 Å². The highest BCUT2D eigenvalue weighted by atomic mass is 32.1. The fourth-order valence-electron chi connectivity index (χ4n) is 3.60. The summed E-state index contributed by atoms with van der Waals surface area (Å²) < 4.78 is 13.9. The van der Waals surface area contributed by atoms with Crippen molar-refractivity contribution in [1.82, 2.24) is 10.3 Å². The van der Waals surface area contributed by atoms with Gasteiger partial charge in [0.25, 0.3) is 0 Å². The zero-order valence-electron chi connectivity index (χ0n) is 17.7. The number of halogens is 1. The van der Waals surface area contributed by atoms with E-state index < -0.39 is 11.9 Å². The van der Waals surface area contributed by atoms with E-state index in [-0.39, 0.29) is 16.1 Å². The third-order valence-electron chi connectivity index (χ3n) is 5.78. The Hall–Kier alpha value is -3.85. The van der Waals surface area contributed by atoms with Crippen molar-refractivity contribution in [2.75, 3.05) is 14.1 Å². The van der Waals surface area contributed by atoms with Gasteiger partial charge in [-0.25, -0.2) is 18.7 Å². The molecule has 1 aromatic heterocycles. The summed E-state index contributed by atoms with van der Waals surface area (Å²) in [6.07, 6.45) is 0. The van der Waals surface area contributed by atoms with Crippen molar-refractivity contribution in [3.8, 4) is 23.4 Å². The van der Waals surface area contributed by atoms with E-state index >= 15 is 0 Å². The van der Waals surface area contributed by atoms with E-state index in [1.165, 1.54) is 23.5 Å². The summed E-state index contributed by atoms with van der Waals surface area (Å²) in [4.78, 5) is 17.7. The normalized spacial score (nSPS) is 17.4. The van der Waals surface area contributed by atoms with Crippen LogP contribution in [0.3, 0.4) is 0 Å². The number of nitriles is 2. The molecule has 1 aliphatic heterocycles. The number of benzene rings is 2. The van der Waals surface area contributed by atoms with Gasteiger partial charge in [0.05, 0.1) is 48.6 Å². The lowest BCUT2D eigenvalue weighted by Gasteiger charge is -2.37. The highest BCUT2D eigenvalue weighted by Crippen LogP contribution is 2.41. The van der Waals surface area contributed by atoms with Crippen molar-refractivity contribution in [2.24, 2.45) is 0 Å². The van der Waals surface area contributed by atoms with Gasteiger partial charge in [-0.2, -0.15) is 10.5 Å². The van der Waals surface area contributed by atoms with Crippen LogP contribution >= 0.6 is 11.3 Å². The lowest BCUT2D eigenvalue weighted by Crippen LogP contribution is -2.55.